The van der Waals surface area contributed by atoms with Gasteiger partial charge in [-0.25, -0.2) is 4.98 Å². The highest BCUT2D eigenvalue weighted by atomic mass is 16.1. The molecule has 1 aliphatic heterocycles. The van der Waals surface area contributed by atoms with E-state index in [-0.39, 0.29) is 5.56 Å². The van der Waals surface area contributed by atoms with Crippen LogP contribution in [0.1, 0.15) is 25.3 Å². The van der Waals surface area contributed by atoms with E-state index in [1.54, 1.807) is 24.0 Å². The first-order chi connectivity index (χ1) is 11.2. The Bertz CT molecular complexity index is 707. The number of nitrogens with one attached hydrogen (secondary N) is 1. The SMILES string of the molecule is CCn1cc(CNC2CCCN(c3nccn(C)c3=O)C2)cn1. The van der Waals surface area contributed by atoms with Gasteiger partial charge in [0.2, 0.25) is 0 Å². The zero-order valence-corrected chi connectivity index (χ0v) is 13.8. The molecular formula is C16H24N6O. The highest BCUT2D eigenvalue weighted by Gasteiger charge is 2.22. The van der Waals surface area contributed by atoms with Gasteiger partial charge in [0.25, 0.3) is 5.56 Å². The Kier molecular flexibility index (Phi) is 4.76. The maximum absolute atomic E-state index is 12.2. The normalized spacial score (nSPS) is 18.3. The topological polar surface area (TPSA) is 68.0 Å². The van der Waals surface area contributed by atoms with Crippen molar-refractivity contribution in [1.82, 2.24) is 24.6 Å². The zero-order chi connectivity index (χ0) is 16.2. The average Bonchev–Trinajstić information content (AvgIpc) is 3.04. The summed E-state index contributed by atoms with van der Waals surface area (Å²) in [5, 5.41) is 7.87. The van der Waals surface area contributed by atoms with Crippen molar-refractivity contribution in [2.45, 2.75) is 38.9 Å². The molecule has 7 nitrogen and oxygen atoms in total. The van der Waals surface area contributed by atoms with Crippen molar-refractivity contribution in [3.8, 4) is 0 Å². The number of hydrogen-bond donors (Lipinski definition) is 1. The largest absolute Gasteiger partial charge is 0.350 e. The van der Waals surface area contributed by atoms with E-state index in [9.17, 15) is 4.79 Å². The molecule has 3 rings (SSSR count). The van der Waals surface area contributed by atoms with Gasteiger partial charge in [-0.2, -0.15) is 5.10 Å². The van der Waals surface area contributed by atoms with Crippen LogP contribution in [0.25, 0.3) is 0 Å². The number of hydrogen-bond acceptors (Lipinski definition) is 5. The molecule has 0 aromatic carbocycles. The standard InChI is InChI=1S/C16H24N6O/c1-3-22-11-13(10-19-22)9-18-14-5-4-7-21(12-14)15-16(23)20(2)8-6-17-15/h6,8,10-11,14,18H,3-5,7,9,12H2,1-2H3. The average molecular weight is 316 g/mol. The van der Waals surface area contributed by atoms with E-state index < -0.39 is 0 Å². The van der Waals surface area contributed by atoms with Crippen LogP contribution < -0.4 is 15.8 Å². The molecule has 7 heteroatoms. The van der Waals surface area contributed by atoms with Crippen LogP contribution in [0.4, 0.5) is 5.82 Å². The summed E-state index contributed by atoms with van der Waals surface area (Å²) in [6, 6.07) is 0.362. The van der Waals surface area contributed by atoms with E-state index in [1.165, 1.54) is 5.56 Å². The van der Waals surface area contributed by atoms with E-state index in [1.807, 2.05) is 10.9 Å². The molecule has 3 heterocycles. The van der Waals surface area contributed by atoms with Gasteiger partial charge in [0.1, 0.15) is 0 Å². The lowest BCUT2D eigenvalue weighted by molar-refractivity contribution is 0.419. The van der Waals surface area contributed by atoms with Gasteiger partial charge in [-0.05, 0) is 19.8 Å². The third kappa shape index (κ3) is 3.61. The molecule has 23 heavy (non-hydrogen) atoms. The molecule has 1 unspecified atom stereocenters. The molecule has 0 amide bonds. The minimum Gasteiger partial charge on any atom is -0.350 e. The summed E-state index contributed by atoms with van der Waals surface area (Å²) >= 11 is 0. The van der Waals surface area contributed by atoms with Gasteiger partial charge < -0.3 is 14.8 Å². The van der Waals surface area contributed by atoms with Crippen LogP contribution in [0.5, 0.6) is 0 Å². The quantitative estimate of drug-likeness (QED) is 0.882. The number of anilines is 1. The molecule has 0 aliphatic carbocycles. The van der Waals surface area contributed by atoms with Crippen LogP contribution in [0.15, 0.2) is 29.6 Å². The molecule has 1 aliphatic rings. The summed E-state index contributed by atoms with van der Waals surface area (Å²) in [6.07, 6.45) is 9.54. The van der Waals surface area contributed by atoms with Gasteiger partial charge in [-0.15, -0.1) is 0 Å². The van der Waals surface area contributed by atoms with Gasteiger partial charge in [-0.1, -0.05) is 0 Å². The summed E-state index contributed by atoms with van der Waals surface area (Å²) in [7, 11) is 1.76. The van der Waals surface area contributed by atoms with Crippen LogP contribution in [0.3, 0.4) is 0 Å². The molecule has 0 saturated carbocycles. The molecule has 124 valence electrons. The summed E-state index contributed by atoms with van der Waals surface area (Å²) < 4.78 is 3.51. The van der Waals surface area contributed by atoms with Crippen molar-refractivity contribution in [3.63, 3.8) is 0 Å². The monoisotopic (exact) mass is 316 g/mol. The van der Waals surface area contributed by atoms with Gasteiger partial charge in [0.05, 0.1) is 6.20 Å². The first kappa shape index (κ1) is 15.7. The first-order valence-electron chi connectivity index (χ1n) is 8.18. The Morgan fingerprint density at radius 3 is 3.09 bits per heavy atom. The molecule has 1 saturated heterocycles. The zero-order valence-electron chi connectivity index (χ0n) is 13.8. The van der Waals surface area contributed by atoms with Crippen LogP contribution >= 0.6 is 0 Å². The molecule has 0 radical (unpaired) electrons. The number of nitrogens with zero attached hydrogens (tertiary/aromatic N) is 5. The minimum absolute atomic E-state index is 0.0302. The predicted octanol–water partition coefficient (Wildman–Crippen LogP) is 0.755. The maximum Gasteiger partial charge on any atom is 0.293 e. The van der Waals surface area contributed by atoms with Gasteiger partial charge in [-0.3, -0.25) is 9.48 Å². The van der Waals surface area contributed by atoms with Crippen LogP contribution in [-0.4, -0.2) is 38.5 Å². The Morgan fingerprint density at radius 1 is 1.43 bits per heavy atom. The molecule has 0 spiro atoms. The second-order valence-corrected chi connectivity index (χ2v) is 6.04. The summed E-state index contributed by atoms with van der Waals surface area (Å²) in [5.74, 6) is 0.556. The van der Waals surface area contributed by atoms with Gasteiger partial charge in [0, 0.05) is 63.4 Å². The summed E-state index contributed by atoms with van der Waals surface area (Å²) in [4.78, 5) is 18.6. The number of rotatable bonds is 5. The van der Waals surface area contributed by atoms with Crippen LogP contribution in [0.2, 0.25) is 0 Å². The minimum atomic E-state index is -0.0302. The van der Waals surface area contributed by atoms with Crippen LogP contribution in [0, 0.1) is 0 Å². The summed E-state index contributed by atoms with van der Waals surface area (Å²) in [5.41, 5.74) is 1.16. The third-order valence-corrected chi connectivity index (χ3v) is 4.33. The molecule has 2 aromatic heterocycles. The Balaban J connectivity index is 1.62. The Labute approximate surface area is 135 Å². The molecule has 1 N–H and O–H groups in total. The van der Waals surface area contributed by atoms with E-state index in [2.05, 4.69) is 33.4 Å². The van der Waals surface area contributed by atoms with Crippen molar-refractivity contribution in [3.05, 3.63) is 40.7 Å². The van der Waals surface area contributed by atoms with Crippen molar-refractivity contribution >= 4 is 5.82 Å². The lowest BCUT2D eigenvalue weighted by Gasteiger charge is -2.33. The summed E-state index contributed by atoms with van der Waals surface area (Å²) in [6.45, 7) is 5.47. The first-order valence-corrected chi connectivity index (χ1v) is 8.18. The molecule has 0 bridgehead atoms. The number of piperidine rings is 1. The molecule has 2 aromatic rings. The van der Waals surface area contributed by atoms with Crippen molar-refractivity contribution in [2.24, 2.45) is 7.05 Å². The fourth-order valence-electron chi connectivity index (χ4n) is 2.97. The van der Waals surface area contributed by atoms with Gasteiger partial charge in [0.15, 0.2) is 5.82 Å². The Hall–Kier alpha value is -2.15. The van der Waals surface area contributed by atoms with E-state index in [0.29, 0.717) is 11.9 Å². The highest BCUT2D eigenvalue weighted by Crippen LogP contribution is 2.15. The molecular weight excluding hydrogens is 292 g/mol. The van der Waals surface area contributed by atoms with Crippen molar-refractivity contribution in [2.75, 3.05) is 18.0 Å². The lowest BCUT2D eigenvalue weighted by Crippen LogP contribution is -2.47. The van der Waals surface area contributed by atoms with Crippen molar-refractivity contribution in [1.29, 1.82) is 0 Å². The Morgan fingerprint density at radius 2 is 2.30 bits per heavy atom. The molecule has 1 fully saturated rings. The smallest absolute Gasteiger partial charge is 0.293 e. The fourth-order valence-corrected chi connectivity index (χ4v) is 2.97. The van der Waals surface area contributed by atoms with E-state index in [0.717, 1.165) is 39.0 Å². The maximum atomic E-state index is 12.2. The second-order valence-electron chi connectivity index (χ2n) is 6.04. The van der Waals surface area contributed by atoms with Crippen LogP contribution in [-0.2, 0) is 20.1 Å². The van der Waals surface area contributed by atoms with E-state index >= 15 is 0 Å². The van der Waals surface area contributed by atoms with E-state index in [4.69, 9.17) is 0 Å². The fraction of sp³-hybridized carbons (Fsp3) is 0.562. The third-order valence-electron chi connectivity index (χ3n) is 4.33. The number of aryl methyl sites for hydroxylation is 2. The highest BCUT2D eigenvalue weighted by molar-refractivity contribution is 5.36. The second kappa shape index (κ2) is 6.95. The predicted molar refractivity (Wildman–Crippen MR) is 89.5 cm³/mol. The van der Waals surface area contributed by atoms with Crippen molar-refractivity contribution < 1.29 is 0 Å². The molecule has 1 atom stereocenters. The number of aromatic nitrogens is 4. The lowest BCUT2D eigenvalue weighted by atomic mass is 10.1. The van der Waals surface area contributed by atoms with Gasteiger partial charge >= 0.3 is 0 Å².